The summed E-state index contributed by atoms with van der Waals surface area (Å²) in [5.74, 6) is -2.85. The van der Waals surface area contributed by atoms with Crippen LogP contribution in [0.15, 0.2) is 18.2 Å². The van der Waals surface area contributed by atoms with E-state index in [1.54, 1.807) is 0 Å². The monoisotopic (exact) mass is 361 g/mol. The summed E-state index contributed by atoms with van der Waals surface area (Å²) in [4.78, 5) is 24.6. The Bertz CT molecular complexity index is 658. The number of benzene rings is 1. The second kappa shape index (κ2) is 7.20. The third-order valence-electron chi connectivity index (χ3n) is 3.99. The van der Waals surface area contributed by atoms with Crippen LogP contribution in [0, 0.1) is 5.92 Å². The number of esters is 1. The van der Waals surface area contributed by atoms with Crippen molar-refractivity contribution in [3.8, 4) is 11.5 Å². The normalized spacial score (nSPS) is 15.5. The van der Waals surface area contributed by atoms with Crippen LogP contribution >= 0.6 is 0 Å². The number of hydrogen-bond acceptors (Lipinski definition) is 5. The van der Waals surface area contributed by atoms with Gasteiger partial charge in [-0.15, -0.1) is 0 Å². The van der Waals surface area contributed by atoms with Gasteiger partial charge < -0.3 is 19.8 Å². The highest BCUT2D eigenvalue weighted by Crippen LogP contribution is 2.36. The molecule has 6 nitrogen and oxygen atoms in total. The Balaban J connectivity index is 2.01. The summed E-state index contributed by atoms with van der Waals surface area (Å²) >= 11 is 0. The zero-order valence-corrected chi connectivity index (χ0v) is 13.4. The van der Waals surface area contributed by atoms with Crippen LogP contribution in [0.4, 0.5) is 13.2 Å². The van der Waals surface area contributed by atoms with Gasteiger partial charge in [0.25, 0.3) is 5.91 Å². The van der Waals surface area contributed by atoms with Crippen molar-refractivity contribution in [3.05, 3.63) is 23.8 Å². The molecule has 0 saturated heterocycles. The van der Waals surface area contributed by atoms with Crippen LogP contribution in [-0.4, -0.2) is 52.4 Å². The van der Waals surface area contributed by atoms with Gasteiger partial charge >= 0.3 is 12.1 Å². The van der Waals surface area contributed by atoms with Gasteiger partial charge in [0.15, 0.2) is 6.61 Å². The number of phenolic OH excluding ortho intramolecular Hbond substituents is 2. The van der Waals surface area contributed by atoms with Crippen molar-refractivity contribution in [2.24, 2.45) is 5.92 Å². The Labute approximate surface area is 141 Å². The Morgan fingerprint density at radius 2 is 1.96 bits per heavy atom. The smallest absolute Gasteiger partial charge is 0.406 e. The van der Waals surface area contributed by atoms with Crippen molar-refractivity contribution in [3.63, 3.8) is 0 Å². The van der Waals surface area contributed by atoms with Gasteiger partial charge in [0.2, 0.25) is 0 Å². The number of halogens is 3. The number of carbonyl (C=O) groups excluding carboxylic acids is 2. The topological polar surface area (TPSA) is 87.1 Å². The third kappa shape index (κ3) is 5.27. The lowest BCUT2D eigenvalue weighted by Gasteiger charge is -2.30. The summed E-state index contributed by atoms with van der Waals surface area (Å²) in [6, 6.07) is 2.51. The van der Waals surface area contributed by atoms with Crippen LogP contribution < -0.4 is 0 Å². The SMILES string of the molecule is C[C@H](C1CC1)N(CC(F)(F)F)C(=O)COC(=O)c1ccc(O)cc1O. The molecule has 1 aliphatic rings. The number of phenols is 2. The van der Waals surface area contributed by atoms with E-state index in [2.05, 4.69) is 0 Å². The Kier molecular flexibility index (Phi) is 5.44. The zero-order valence-electron chi connectivity index (χ0n) is 13.4. The standard InChI is InChI=1S/C16H18F3NO5/c1-9(10-2-3-10)20(8-16(17,18)19)14(23)7-25-15(24)12-5-4-11(21)6-13(12)22/h4-6,9-10,21-22H,2-3,7-8H2,1H3/t9-/m1/s1. The number of alkyl halides is 3. The van der Waals surface area contributed by atoms with Crippen LogP contribution in [-0.2, 0) is 9.53 Å². The molecule has 1 saturated carbocycles. The van der Waals surface area contributed by atoms with E-state index in [4.69, 9.17) is 9.84 Å². The van der Waals surface area contributed by atoms with Crippen molar-refractivity contribution < 1.29 is 37.7 Å². The van der Waals surface area contributed by atoms with Gasteiger partial charge in [0.1, 0.15) is 23.6 Å². The lowest BCUT2D eigenvalue weighted by Crippen LogP contribution is -2.47. The Morgan fingerprint density at radius 1 is 1.32 bits per heavy atom. The lowest BCUT2D eigenvalue weighted by molar-refractivity contribution is -0.167. The molecule has 9 heteroatoms. The maximum Gasteiger partial charge on any atom is 0.406 e. The molecular weight excluding hydrogens is 343 g/mol. The predicted molar refractivity (Wildman–Crippen MR) is 80.0 cm³/mol. The van der Waals surface area contributed by atoms with E-state index < -0.39 is 43.0 Å². The summed E-state index contributed by atoms with van der Waals surface area (Å²) in [5.41, 5.74) is -0.303. The molecule has 1 amide bonds. The molecule has 0 radical (unpaired) electrons. The fourth-order valence-corrected chi connectivity index (χ4v) is 2.47. The number of ether oxygens (including phenoxy) is 1. The first-order chi connectivity index (χ1) is 11.6. The van der Waals surface area contributed by atoms with Gasteiger partial charge in [-0.25, -0.2) is 4.79 Å². The van der Waals surface area contributed by atoms with Crippen LogP contribution in [0.5, 0.6) is 11.5 Å². The van der Waals surface area contributed by atoms with Gasteiger partial charge in [0.05, 0.1) is 0 Å². The van der Waals surface area contributed by atoms with E-state index in [1.165, 1.54) is 6.92 Å². The van der Waals surface area contributed by atoms with Gasteiger partial charge in [-0.3, -0.25) is 4.79 Å². The summed E-state index contributed by atoms with van der Waals surface area (Å²) < 4.78 is 42.8. The highest BCUT2D eigenvalue weighted by atomic mass is 19.4. The van der Waals surface area contributed by atoms with Gasteiger partial charge in [-0.2, -0.15) is 13.2 Å². The first kappa shape index (κ1) is 18.9. The maximum absolute atomic E-state index is 12.7. The number of hydrogen-bond donors (Lipinski definition) is 2. The van der Waals surface area contributed by atoms with E-state index in [0.717, 1.165) is 31.0 Å². The number of carbonyl (C=O) groups is 2. The third-order valence-corrected chi connectivity index (χ3v) is 3.99. The molecule has 1 aliphatic carbocycles. The molecule has 138 valence electrons. The fraction of sp³-hybridized carbons (Fsp3) is 0.500. The highest BCUT2D eigenvalue weighted by molar-refractivity contribution is 5.94. The Hall–Kier alpha value is -2.45. The van der Waals surface area contributed by atoms with Crippen molar-refractivity contribution in [1.82, 2.24) is 4.90 Å². The molecule has 0 heterocycles. The van der Waals surface area contributed by atoms with E-state index in [9.17, 15) is 27.9 Å². The number of nitrogens with zero attached hydrogens (tertiary/aromatic N) is 1. The van der Waals surface area contributed by atoms with Crippen molar-refractivity contribution in [2.45, 2.75) is 32.0 Å². The van der Waals surface area contributed by atoms with Gasteiger partial charge in [0, 0.05) is 12.1 Å². The maximum atomic E-state index is 12.7. The molecule has 0 aliphatic heterocycles. The van der Waals surface area contributed by atoms with E-state index in [0.29, 0.717) is 4.90 Å². The van der Waals surface area contributed by atoms with E-state index >= 15 is 0 Å². The second-order valence-electron chi connectivity index (χ2n) is 5.99. The first-order valence-electron chi connectivity index (χ1n) is 7.64. The summed E-state index contributed by atoms with van der Waals surface area (Å²) in [6.45, 7) is -0.743. The lowest BCUT2D eigenvalue weighted by atomic mass is 10.1. The van der Waals surface area contributed by atoms with Crippen LogP contribution in [0.1, 0.15) is 30.1 Å². The molecule has 2 N–H and O–H groups in total. The minimum absolute atomic E-state index is 0.0168. The van der Waals surface area contributed by atoms with Crippen LogP contribution in [0.2, 0.25) is 0 Å². The van der Waals surface area contributed by atoms with Gasteiger partial charge in [-0.1, -0.05) is 0 Å². The minimum atomic E-state index is -4.56. The van der Waals surface area contributed by atoms with Gasteiger partial charge in [-0.05, 0) is 37.8 Å². The average Bonchev–Trinajstić information content (AvgIpc) is 3.33. The summed E-state index contributed by atoms with van der Waals surface area (Å²) in [5, 5.41) is 18.7. The zero-order chi connectivity index (χ0) is 18.8. The summed E-state index contributed by atoms with van der Waals surface area (Å²) in [7, 11) is 0. The number of aromatic hydroxyl groups is 2. The molecule has 1 atom stereocenters. The number of rotatable bonds is 6. The number of amides is 1. The summed E-state index contributed by atoms with van der Waals surface area (Å²) in [6.07, 6.45) is -3.05. The molecule has 1 fully saturated rings. The Morgan fingerprint density at radius 3 is 2.48 bits per heavy atom. The molecule has 1 aromatic rings. The predicted octanol–water partition coefficient (Wildman–Crippen LogP) is 2.44. The van der Waals surface area contributed by atoms with Crippen LogP contribution in [0.3, 0.4) is 0 Å². The molecular formula is C16H18F3NO5. The molecule has 1 aromatic carbocycles. The molecule has 25 heavy (non-hydrogen) atoms. The van der Waals surface area contributed by atoms with E-state index in [1.807, 2.05) is 0 Å². The molecule has 0 aromatic heterocycles. The van der Waals surface area contributed by atoms with Crippen molar-refractivity contribution in [1.29, 1.82) is 0 Å². The average molecular weight is 361 g/mol. The first-order valence-corrected chi connectivity index (χ1v) is 7.64. The highest BCUT2D eigenvalue weighted by Gasteiger charge is 2.40. The molecule has 2 rings (SSSR count). The molecule has 0 bridgehead atoms. The second-order valence-corrected chi connectivity index (χ2v) is 5.99. The van der Waals surface area contributed by atoms with Crippen molar-refractivity contribution >= 4 is 11.9 Å². The quantitative estimate of drug-likeness (QED) is 0.760. The van der Waals surface area contributed by atoms with E-state index in [-0.39, 0.29) is 17.2 Å². The van der Waals surface area contributed by atoms with Crippen molar-refractivity contribution in [2.75, 3.05) is 13.2 Å². The molecule has 0 unspecified atom stereocenters. The molecule has 0 spiro atoms. The van der Waals surface area contributed by atoms with Crippen LogP contribution in [0.25, 0.3) is 0 Å². The fourth-order valence-electron chi connectivity index (χ4n) is 2.47. The minimum Gasteiger partial charge on any atom is -0.508 e. The largest absolute Gasteiger partial charge is 0.508 e.